The van der Waals surface area contributed by atoms with Crippen molar-refractivity contribution in [1.29, 1.82) is 0 Å². The van der Waals surface area contributed by atoms with E-state index in [9.17, 15) is 4.79 Å². The molecule has 0 saturated heterocycles. The molecule has 0 spiro atoms. The van der Waals surface area contributed by atoms with Crippen molar-refractivity contribution in [3.05, 3.63) is 34.3 Å². The highest BCUT2D eigenvalue weighted by atomic mass is 79.9. The summed E-state index contributed by atoms with van der Waals surface area (Å²) in [4.78, 5) is 11.7. The van der Waals surface area contributed by atoms with Crippen LogP contribution in [0.2, 0.25) is 0 Å². The van der Waals surface area contributed by atoms with Crippen molar-refractivity contribution in [3.8, 4) is 0 Å². The van der Waals surface area contributed by atoms with Gasteiger partial charge in [-0.2, -0.15) is 0 Å². The molecule has 82 valence electrons. The summed E-state index contributed by atoms with van der Waals surface area (Å²) < 4.78 is 5.90. The number of hydrogen-bond donors (Lipinski definition) is 1. The first-order chi connectivity index (χ1) is 7.13. The van der Waals surface area contributed by atoms with Crippen LogP contribution in [-0.4, -0.2) is 25.7 Å². The van der Waals surface area contributed by atoms with E-state index in [4.69, 9.17) is 4.74 Å². The average molecular weight is 272 g/mol. The molecule has 4 heteroatoms. The molecule has 0 bridgehead atoms. The van der Waals surface area contributed by atoms with Gasteiger partial charge in [-0.15, -0.1) is 0 Å². The molecule has 15 heavy (non-hydrogen) atoms. The molecule has 0 radical (unpaired) electrons. The average Bonchev–Trinajstić information content (AvgIpc) is 2.18. The number of carbonyl (C=O) groups is 1. The van der Waals surface area contributed by atoms with Crippen LogP contribution in [0.15, 0.2) is 28.7 Å². The summed E-state index contributed by atoms with van der Waals surface area (Å²) in [6.07, 6.45) is 0. The first kappa shape index (κ1) is 12.2. The fourth-order valence-corrected chi connectivity index (χ4v) is 1.46. The fraction of sp³-hybridized carbons (Fsp3) is 0.364. The van der Waals surface area contributed by atoms with Crippen LogP contribution >= 0.6 is 15.9 Å². The van der Waals surface area contributed by atoms with Crippen molar-refractivity contribution in [3.63, 3.8) is 0 Å². The van der Waals surface area contributed by atoms with E-state index in [1.165, 1.54) is 0 Å². The van der Waals surface area contributed by atoms with E-state index in [1.807, 2.05) is 19.1 Å². The van der Waals surface area contributed by atoms with Gasteiger partial charge in [0.05, 0.1) is 6.61 Å². The summed E-state index contributed by atoms with van der Waals surface area (Å²) in [7, 11) is 1.61. The predicted molar refractivity (Wildman–Crippen MR) is 62.9 cm³/mol. The van der Waals surface area contributed by atoms with Crippen molar-refractivity contribution in [1.82, 2.24) is 5.32 Å². The van der Waals surface area contributed by atoms with Crippen LogP contribution in [-0.2, 0) is 4.74 Å². The lowest BCUT2D eigenvalue weighted by molar-refractivity contribution is 0.0905. The van der Waals surface area contributed by atoms with Gasteiger partial charge in [-0.1, -0.05) is 15.9 Å². The van der Waals surface area contributed by atoms with Crippen LogP contribution in [0.4, 0.5) is 0 Å². The summed E-state index contributed by atoms with van der Waals surface area (Å²) >= 11 is 3.32. The number of benzene rings is 1. The zero-order chi connectivity index (χ0) is 11.3. The molecular weight excluding hydrogens is 258 g/mol. The lowest BCUT2D eigenvalue weighted by atomic mass is 10.2. The van der Waals surface area contributed by atoms with Gasteiger partial charge in [-0.05, 0) is 31.2 Å². The third kappa shape index (κ3) is 4.01. The maximum Gasteiger partial charge on any atom is 0.251 e. The maximum atomic E-state index is 11.7. The smallest absolute Gasteiger partial charge is 0.251 e. The molecule has 0 heterocycles. The molecule has 0 saturated carbocycles. The molecule has 0 fully saturated rings. The van der Waals surface area contributed by atoms with Gasteiger partial charge < -0.3 is 10.1 Å². The van der Waals surface area contributed by atoms with E-state index < -0.39 is 0 Å². The predicted octanol–water partition coefficient (Wildman–Crippen LogP) is 2.21. The molecule has 0 aliphatic rings. The summed E-state index contributed by atoms with van der Waals surface area (Å²) in [5, 5.41) is 2.84. The molecule has 1 unspecified atom stereocenters. The molecule has 1 atom stereocenters. The number of hydrogen-bond acceptors (Lipinski definition) is 2. The van der Waals surface area contributed by atoms with Crippen molar-refractivity contribution in [2.24, 2.45) is 0 Å². The van der Waals surface area contributed by atoms with E-state index in [2.05, 4.69) is 21.2 Å². The summed E-state index contributed by atoms with van der Waals surface area (Å²) in [6, 6.07) is 7.26. The number of carbonyl (C=O) groups excluding carboxylic acids is 1. The van der Waals surface area contributed by atoms with E-state index >= 15 is 0 Å². The number of halogens is 1. The highest BCUT2D eigenvalue weighted by molar-refractivity contribution is 9.10. The SMILES string of the molecule is COCC(C)NC(=O)c1ccc(Br)cc1. The Morgan fingerprint density at radius 2 is 2.07 bits per heavy atom. The second-order valence-electron chi connectivity index (χ2n) is 3.34. The fourth-order valence-electron chi connectivity index (χ4n) is 1.20. The van der Waals surface area contributed by atoms with Gasteiger partial charge in [-0.3, -0.25) is 4.79 Å². The largest absolute Gasteiger partial charge is 0.383 e. The van der Waals surface area contributed by atoms with Crippen molar-refractivity contribution in [2.75, 3.05) is 13.7 Å². The second-order valence-corrected chi connectivity index (χ2v) is 4.25. The molecule has 1 aromatic carbocycles. The van der Waals surface area contributed by atoms with E-state index in [-0.39, 0.29) is 11.9 Å². The van der Waals surface area contributed by atoms with Crippen molar-refractivity contribution < 1.29 is 9.53 Å². The number of nitrogens with one attached hydrogen (secondary N) is 1. The molecular formula is C11H14BrNO2. The topological polar surface area (TPSA) is 38.3 Å². The minimum Gasteiger partial charge on any atom is -0.383 e. The van der Waals surface area contributed by atoms with Gasteiger partial charge >= 0.3 is 0 Å². The third-order valence-electron chi connectivity index (χ3n) is 1.90. The Bertz CT molecular complexity index is 324. The monoisotopic (exact) mass is 271 g/mol. The van der Waals surface area contributed by atoms with Crippen molar-refractivity contribution in [2.45, 2.75) is 13.0 Å². The summed E-state index contributed by atoms with van der Waals surface area (Å²) in [5.41, 5.74) is 0.654. The van der Waals surface area contributed by atoms with Crippen molar-refractivity contribution >= 4 is 21.8 Å². The summed E-state index contributed by atoms with van der Waals surface area (Å²) in [5.74, 6) is -0.0768. The number of ether oxygens (including phenoxy) is 1. The van der Waals surface area contributed by atoms with Crippen LogP contribution in [0.3, 0.4) is 0 Å². The zero-order valence-corrected chi connectivity index (χ0v) is 10.4. The van der Waals surface area contributed by atoms with Gasteiger partial charge in [0.2, 0.25) is 0 Å². The number of methoxy groups -OCH3 is 1. The standard InChI is InChI=1S/C11H14BrNO2/c1-8(7-15-2)13-11(14)9-3-5-10(12)6-4-9/h3-6,8H,7H2,1-2H3,(H,13,14). The Labute approximate surface area is 97.9 Å². The first-order valence-electron chi connectivity index (χ1n) is 4.69. The Hall–Kier alpha value is -0.870. The third-order valence-corrected chi connectivity index (χ3v) is 2.43. The molecule has 0 aliphatic carbocycles. The van der Waals surface area contributed by atoms with Gasteiger partial charge in [0, 0.05) is 23.2 Å². The molecule has 0 aliphatic heterocycles. The minimum atomic E-state index is -0.0768. The van der Waals surface area contributed by atoms with Gasteiger partial charge in [0.1, 0.15) is 0 Å². The lowest BCUT2D eigenvalue weighted by Crippen LogP contribution is -2.35. The van der Waals surface area contributed by atoms with Gasteiger partial charge in [-0.25, -0.2) is 0 Å². The van der Waals surface area contributed by atoms with E-state index in [0.29, 0.717) is 12.2 Å². The minimum absolute atomic E-state index is 0.0196. The van der Waals surface area contributed by atoms with Crippen LogP contribution in [0.25, 0.3) is 0 Å². The van der Waals surface area contributed by atoms with Crippen LogP contribution in [0, 0.1) is 0 Å². The highest BCUT2D eigenvalue weighted by Gasteiger charge is 2.08. The lowest BCUT2D eigenvalue weighted by Gasteiger charge is -2.12. The molecule has 0 aromatic heterocycles. The maximum absolute atomic E-state index is 11.7. The molecule has 1 rings (SSSR count). The normalized spacial score (nSPS) is 12.2. The van der Waals surface area contributed by atoms with Crippen LogP contribution in [0.5, 0.6) is 0 Å². The molecule has 1 aromatic rings. The highest BCUT2D eigenvalue weighted by Crippen LogP contribution is 2.10. The summed E-state index contributed by atoms with van der Waals surface area (Å²) in [6.45, 7) is 2.42. The van der Waals surface area contributed by atoms with E-state index in [1.54, 1.807) is 19.2 Å². The molecule has 1 N–H and O–H groups in total. The quantitative estimate of drug-likeness (QED) is 0.912. The Morgan fingerprint density at radius 3 is 2.60 bits per heavy atom. The second kappa shape index (κ2) is 5.88. The Morgan fingerprint density at radius 1 is 1.47 bits per heavy atom. The zero-order valence-electron chi connectivity index (χ0n) is 8.79. The van der Waals surface area contributed by atoms with Crippen LogP contribution in [0.1, 0.15) is 17.3 Å². The number of amides is 1. The van der Waals surface area contributed by atoms with Gasteiger partial charge in [0.15, 0.2) is 0 Å². The first-order valence-corrected chi connectivity index (χ1v) is 5.48. The Kier molecular flexibility index (Phi) is 4.78. The Balaban J connectivity index is 2.57. The van der Waals surface area contributed by atoms with E-state index in [0.717, 1.165) is 4.47 Å². The molecule has 3 nitrogen and oxygen atoms in total. The molecule has 1 amide bonds. The number of rotatable bonds is 4. The van der Waals surface area contributed by atoms with Crippen LogP contribution < -0.4 is 5.32 Å². The van der Waals surface area contributed by atoms with Gasteiger partial charge in [0.25, 0.3) is 5.91 Å².